The van der Waals surface area contributed by atoms with Gasteiger partial charge in [-0.15, -0.1) is 11.8 Å². The van der Waals surface area contributed by atoms with Gasteiger partial charge in [-0.25, -0.2) is 23.2 Å². The minimum absolute atomic E-state index is 0.0249. The molecule has 1 saturated heterocycles. The molecule has 0 radical (unpaired) electrons. The summed E-state index contributed by atoms with van der Waals surface area (Å²) in [5.41, 5.74) is 1.41. The number of benzene rings is 4. The van der Waals surface area contributed by atoms with Crippen LogP contribution in [0.1, 0.15) is 37.6 Å². The Labute approximate surface area is 353 Å². The summed E-state index contributed by atoms with van der Waals surface area (Å²) in [6, 6.07) is 25.7. The Morgan fingerprint density at radius 3 is 2.40 bits per heavy atom. The van der Waals surface area contributed by atoms with Gasteiger partial charge in [-0.2, -0.15) is 0 Å². The lowest BCUT2D eigenvalue weighted by molar-refractivity contribution is -0.384. The van der Waals surface area contributed by atoms with E-state index in [0.29, 0.717) is 60.5 Å². The normalized spacial score (nSPS) is 13.8. The van der Waals surface area contributed by atoms with Crippen LogP contribution in [0.2, 0.25) is 0 Å². The average Bonchev–Trinajstić information content (AvgIpc) is 3.21. The molecule has 316 valence electrons. The van der Waals surface area contributed by atoms with E-state index < -0.39 is 26.6 Å². The van der Waals surface area contributed by atoms with E-state index in [-0.39, 0.29) is 34.0 Å². The summed E-state index contributed by atoms with van der Waals surface area (Å²) in [6.07, 6.45) is 1.35. The molecule has 5 aromatic rings. The first-order chi connectivity index (χ1) is 28.5. The van der Waals surface area contributed by atoms with Crippen LogP contribution in [0.4, 0.5) is 33.4 Å². The van der Waals surface area contributed by atoms with E-state index in [9.17, 15) is 28.1 Å². The lowest BCUT2D eigenvalue weighted by atomic mass is 10.1. The van der Waals surface area contributed by atoms with Gasteiger partial charge >= 0.3 is 6.09 Å². The number of carbonyl (C=O) groups excluding carboxylic acids is 2. The Morgan fingerprint density at radius 1 is 0.950 bits per heavy atom. The number of piperazine rings is 1. The van der Waals surface area contributed by atoms with E-state index in [2.05, 4.69) is 30.2 Å². The van der Waals surface area contributed by atoms with Gasteiger partial charge in [0.2, 0.25) is 0 Å². The van der Waals surface area contributed by atoms with Crippen LogP contribution < -0.4 is 20.3 Å². The van der Waals surface area contributed by atoms with Gasteiger partial charge < -0.3 is 24.8 Å². The quantitative estimate of drug-likeness (QED) is 0.0546. The van der Waals surface area contributed by atoms with Crippen molar-refractivity contribution >= 4 is 73.3 Å². The van der Waals surface area contributed by atoms with Crippen molar-refractivity contribution in [2.24, 2.45) is 0 Å². The van der Waals surface area contributed by atoms with Crippen molar-refractivity contribution < 1.29 is 27.7 Å². The molecule has 1 atom stereocenters. The van der Waals surface area contributed by atoms with Crippen LogP contribution in [-0.2, 0) is 14.8 Å². The fourth-order valence-corrected chi connectivity index (χ4v) is 8.55. The van der Waals surface area contributed by atoms with Crippen molar-refractivity contribution in [1.29, 1.82) is 0 Å². The molecule has 0 saturated carbocycles. The molecular weight excluding hydrogens is 807 g/mol. The SMILES string of the molecule is CN(C)CCC(CSc1ccccc1)Nc1ccc(S(=O)(=O)Nc2ncnc3cc(N4CCN(C(=O)c5cccc(NC(=O)OC(C)(C)C)c5)CC4)ccc23)cc1[N+](=O)[O-]. The third-order valence-corrected chi connectivity index (χ3v) is 12.0. The number of ether oxygens (including phenoxy) is 1. The van der Waals surface area contributed by atoms with Crippen LogP contribution in [0.3, 0.4) is 0 Å². The maximum atomic E-state index is 13.7. The van der Waals surface area contributed by atoms with Gasteiger partial charge in [0, 0.05) is 71.3 Å². The smallest absolute Gasteiger partial charge is 0.412 e. The molecule has 1 aliphatic heterocycles. The van der Waals surface area contributed by atoms with Gasteiger partial charge in [-0.05, 0) is 108 Å². The van der Waals surface area contributed by atoms with Gasteiger partial charge in [-0.1, -0.05) is 24.3 Å². The largest absolute Gasteiger partial charge is 0.444 e. The molecule has 0 bridgehead atoms. The summed E-state index contributed by atoms with van der Waals surface area (Å²) in [5.74, 6) is 0.503. The molecule has 18 heteroatoms. The summed E-state index contributed by atoms with van der Waals surface area (Å²) >= 11 is 1.64. The fraction of sp³-hybridized carbons (Fsp3) is 0.333. The fourth-order valence-electron chi connectivity index (χ4n) is 6.51. The van der Waals surface area contributed by atoms with Crippen molar-refractivity contribution in [3.63, 3.8) is 0 Å². The number of nitrogens with one attached hydrogen (secondary N) is 3. The highest BCUT2D eigenvalue weighted by Gasteiger charge is 2.26. The number of amides is 2. The second kappa shape index (κ2) is 18.9. The second-order valence-corrected chi connectivity index (χ2v) is 18.3. The Kier molecular flexibility index (Phi) is 13.8. The topological polar surface area (TPSA) is 192 Å². The lowest BCUT2D eigenvalue weighted by Gasteiger charge is -2.36. The number of nitrogens with zero attached hydrogens (tertiary/aromatic N) is 6. The Morgan fingerprint density at radius 2 is 1.70 bits per heavy atom. The first-order valence-electron chi connectivity index (χ1n) is 19.3. The molecule has 1 aromatic heterocycles. The summed E-state index contributed by atoms with van der Waals surface area (Å²) in [5, 5.41) is 18.7. The number of hydrogen-bond acceptors (Lipinski definition) is 13. The van der Waals surface area contributed by atoms with Crippen molar-refractivity contribution in [3.05, 3.63) is 113 Å². The molecule has 60 heavy (non-hydrogen) atoms. The van der Waals surface area contributed by atoms with E-state index in [1.165, 1.54) is 18.5 Å². The van der Waals surface area contributed by atoms with Gasteiger partial charge in [-0.3, -0.25) is 24.9 Å². The van der Waals surface area contributed by atoms with E-state index in [1.807, 2.05) is 61.5 Å². The number of thioether (sulfide) groups is 1. The van der Waals surface area contributed by atoms with Crippen molar-refractivity contribution in [2.45, 2.75) is 48.6 Å². The minimum atomic E-state index is -4.32. The second-order valence-electron chi connectivity index (χ2n) is 15.5. The summed E-state index contributed by atoms with van der Waals surface area (Å²) < 4.78 is 35.3. The van der Waals surface area contributed by atoms with Crippen LogP contribution >= 0.6 is 11.8 Å². The first kappa shape index (κ1) is 43.6. The molecule has 16 nitrogen and oxygen atoms in total. The average molecular weight is 856 g/mol. The van der Waals surface area contributed by atoms with E-state index in [4.69, 9.17) is 4.74 Å². The molecule has 0 spiro atoms. The number of nitro groups is 1. The van der Waals surface area contributed by atoms with E-state index in [0.717, 1.165) is 23.2 Å². The molecule has 0 aliphatic carbocycles. The van der Waals surface area contributed by atoms with Crippen molar-refractivity contribution in [1.82, 2.24) is 19.8 Å². The minimum Gasteiger partial charge on any atom is -0.444 e. The van der Waals surface area contributed by atoms with E-state index >= 15 is 0 Å². The molecule has 3 N–H and O–H groups in total. The molecule has 1 aliphatic rings. The summed E-state index contributed by atoms with van der Waals surface area (Å²) in [4.78, 5) is 52.7. The Bertz CT molecular complexity index is 2440. The molecule has 2 amide bonds. The van der Waals surface area contributed by atoms with Gasteiger partial charge in [0.15, 0.2) is 5.82 Å². The number of sulfonamides is 1. The number of fused-ring (bicyclic) bond motifs is 1. The monoisotopic (exact) mass is 855 g/mol. The highest BCUT2D eigenvalue weighted by atomic mass is 32.2. The molecular formula is C42H49N9O7S2. The van der Waals surface area contributed by atoms with Crippen LogP contribution in [0.25, 0.3) is 10.9 Å². The van der Waals surface area contributed by atoms with Gasteiger partial charge in [0.1, 0.15) is 17.6 Å². The Balaban J connectivity index is 1.11. The first-order valence-corrected chi connectivity index (χ1v) is 21.8. The predicted molar refractivity (Wildman–Crippen MR) is 236 cm³/mol. The predicted octanol–water partition coefficient (Wildman–Crippen LogP) is 7.17. The van der Waals surface area contributed by atoms with Crippen LogP contribution in [0, 0.1) is 10.1 Å². The maximum absolute atomic E-state index is 13.7. The van der Waals surface area contributed by atoms with E-state index in [1.54, 1.807) is 67.8 Å². The molecule has 1 fully saturated rings. The number of nitro benzene ring substituents is 1. The molecule has 1 unspecified atom stereocenters. The highest BCUT2D eigenvalue weighted by Crippen LogP contribution is 2.32. The van der Waals surface area contributed by atoms with Crippen molar-refractivity contribution in [3.8, 4) is 0 Å². The zero-order valence-corrected chi connectivity index (χ0v) is 35.8. The lowest BCUT2D eigenvalue weighted by Crippen LogP contribution is -2.48. The molecule has 6 rings (SSSR count). The van der Waals surface area contributed by atoms with Crippen LogP contribution in [0.15, 0.2) is 107 Å². The van der Waals surface area contributed by atoms with Gasteiger partial charge in [0.25, 0.3) is 21.6 Å². The molecule has 4 aromatic carbocycles. The number of carbonyl (C=O) groups is 2. The Hall–Kier alpha value is -5.98. The standard InChI is InChI=1S/C42H49N9O7S2/c1-42(2,3)58-41(53)46-30-11-9-10-29(24-30)40(52)50-22-20-49(21-23-50)32-14-16-35-37(25-32)43-28-44-39(35)47-60(56,57)34-15-17-36(38(26-34)51(54)55)45-31(18-19-48(4)5)27-59-33-12-7-6-8-13-33/h6-17,24-26,28,31,45H,18-23,27H2,1-5H3,(H,46,53)(H,43,44,47). The summed E-state index contributed by atoms with van der Waals surface area (Å²) in [6.45, 7) is 8.01. The number of aromatic nitrogens is 2. The zero-order valence-electron chi connectivity index (χ0n) is 34.1. The zero-order chi connectivity index (χ0) is 43.0. The number of anilines is 4. The highest BCUT2D eigenvalue weighted by molar-refractivity contribution is 7.99. The van der Waals surface area contributed by atoms with Gasteiger partial charge in [0.05, 0.1) is 15.3 Å². The van der Waals surface area contributed by atoms with Crippen molar-refractivity contribution in [2.75, 3.05) is 72.8 Å². The summed E-state index contributed by atoms with van der Waals surface area (Å²) in [7, 11) is -0.394. The third kappa shape index (κ3) is 11.6. The van der Waals surface area contributed by atoms with Crippen LogP contribution in [-0.4, -0.2) is 109 Å². The maximum Gasteiger partial charge on any atom is 0.412 e. The van der Waals surface area contributed by atoms with Crippen LogP contribution in [0.5, 0.6) is 0 Å². The number of rotatable bonds is 15. The number of hydrogen-bond donors (Lipinski definition) is 3. The third-order valence-electron chi connectivity index (χ3n) is 9.49. The molecule has 2 heterocycles.